The second-order valence-electron chi connectivity index (χ2n) is 4.92. The molecule has 0 saturated carbocycles. The summed E-state index contributed by atoms with van der Waals surface area (Å²) in [6.07, 6.45) is 3.50. The molecule has 2 aliphatic rings. The number of aryl methyl sites for hydroxylation is 1. The standard InChI is InChI=1S/C14H12N4O2/c1-7-10-11(8-3-2-4-15-5-8)12-9(6-20-14(12)19)16-13(10)18-17-7/h2-5,11H,6H2,1H3,(H2,16,17,18)/t11-/m1/s1. The highest BCUT2D eigenvalue weighted by molar-refractivity contribution is 5.97. The number of nitrogens with zero attached hydrogens (tertiary/aromatic N) is 2. The topological polar surface area (TPSA) is 79.9 Å². The van der Waals surface area contributed by atoms with Gasteiger partial charge < -0.3 is 10.1 Å². The summed E-state index contributed by atoms with van der Waals surface area (Å²) in [5, 5.41) is 10.4. The van der Waals surface area contributed by atoms with E-state index in [1.165, 1.54) is 0 Å². The van der Waals surface area contributed by atoms with Gasteiger partial charge in [-0.1, -0.05) is 6.07 Å². The Bertz CT molecular complexity index is 733. The number of hydrogen-bond acceptors (Lipinski definition) is 5. The molecule has 0 radical (unpaired) electrons. The lowest BCUT2D eigenvalue weighted by Gasteiger charge is -2.23. The number of hydrogen-bond donors (Lipinski definition) is 2. The number of aromatic nitrogens is 3. The molecule has 0 fully saturated rings. The highest BCUT2D eigenvalue weighted by atomic mass is 16.5. The van der Waals surface area contributed by atoms with Gasteiger partial charge in [-0.15, -0.1) is 0 Å². The molecule has 2 aromatic rings. The van der Waals surface area contributed by atoms with Crippen LogP contribution in [0, 0.1) is 6.92 Å². The third-order valence-corrected chi connectivity index (χ3v) is 3.75. The van der Waals surface area contributed by atoms with Gasteiger partial charge in [-0.3, -0.25) is 10.1 Å². The van der Waals surface area contributed by atoms with Gasteiger partial charge >= 0.3 is 5.97 Å². The molecule has 4 heterocycles. The van der Waals surface area contributed by atoms with Crippen LogP contribution in [-0.4, -0.2) is 27.8 Å². The second kappa shape index (κ2) is 3.93. The molecule has 0 unspecified atom stereocenters. The van der Waals surface area contributed by atoms with E-state index < -0.39 is 0 Å². The van der Waals surface area contributed by atoms with Crippen LogP contribution in [0.25, 0.3) is 0 Å². The average molecular weight is 268 g/mol. The van der Waals surface area contributed by atoms with Crippen LogP contribution in [0.5, 0.6) is 0 Å². The maximum absolute atomic E-state index is 12.1. The SMILES string of the molecule is Cc1[nH]nc2c1[C@@H](c1cccnc1)C1=C(COC1=O)N2. The van der Waals surface area contributed by atoms with Crippen LogP contribution in [0.1, 0.15) is 22.7 Å². The van der Waals surface area contributed by atoms with Crippen molar-refractivity contribution < 1.29 is 9.53 Å². The lowest BCUT2D eigenvalue weighted by molar-refractivity contribution is -0.136. The zero-order valence-electron chi connectivity index (χ0n) is 10.8. The Balaban J connectivity index is 1.96. The van der Waals surface area contributed by atoms with Crippen molar-refractivity contribution in [1.29, 1.82) is 0 Å². The largest absolute Gasteiger partial charge is 0.456 e. The molecule has 1 atom stereocenters. The molecule has 6 nitrogen and oxygen atoms in total. The number of carbonyl (C=O) groups is 1. The fourth-order valence-corrected chi connectivity index (χ4v) is 2.87. The van der Waals surface area contributed by atoms with Crippen LogP contribution >= 0.6 is 0 Å². The Kier molecular flexibility index (Phi) is 2.20. The fraction of sp³-hybridized carbons (Fsp3) is 0.214. The lowest BCUT2D eigenvalue weighted by Crippen LogP contribution is -2.19. The van der Waals surface area contributed by atoms with E-state index >= 15 is 0 Å². The number of H-pyrrole nitrogens is 1. The molecule has 0 amide bonds. The number of fused-ring (bicyclic) bond motifs is 1. The number of rotatable bonds is 1. The summed E-state index contributed by atoms with van der Waals surface area (Å²) in [4.78, 5) is 16.2. The van der Waals surface area contributed by atoms with Crippen LogP contribution in [0.2, 0.25) is 0 Å². The number of pyridine rings is 1. The number of aromatic amines is 1. The van der Waals surface area contributed by atoms with Crippen molar-refractivity contribution in [2.45, 2.75) is 12.8 Å². The van der Waals surface area contributed by atoms with E-state index in [2.05, 4.69) is 20.5 Å². The van der Waals surface area contributed by atoms with E-state index in [4.69, 9.17) is 4.74 Å². The Hall–Kier alpha value is -2.63. The molecule has 0 aliphatic carbocycles. The summed E-state index contributed by atoms with van der Waals surface area (Å²) in [5.74, 6) is 0.310. The minimum atomic E-state index is -0.271. The van der Waals surface area contributed by atoms with Crippen LogP contribution < -0.4 is 5.32 Å². The average Bonchev–Trinajstić information content (AvgIpc) is 3.03. The highest BCUT2D eigenvalue weighted by Gasteiger charge is 2.40. The summed E-state index contributed by atoms with van der Waals surface area (Å²) in [6, 6.07) is 3.84. The van der Waals surface area contributed by atoms with Gasteiger partial charge in [0, 0.05) is 23.7 Å². The van der Waals surface area contributed by atoms with E-state index in [1.807, 2.05) is 19.1 Å². The van der Waals surface area contributed by atoms with Gasteiger partial charge in [0.1, 0.15) is 6.61 Å². The number of cyclic esters (lactones) is 1. The van der Waals surface area contributed by atoms with Crippen LogP contribution in [-0.2, 0) is 9.53 Å². The molecule has 100 valence electrons. The van der Waals surface area contributed by atoms with Gasteiger partial charge in [0.05, 0.1) is 17.2 Å². The smallest absolute Gasteiger partial charge is 0.337 e. The summed E-state index contributed by atoms with van der Waals surface area (Å²) in [7, 11) is 0. The molecule has 2 aromatic heterocycles. The second-order valence-corrected chi connectivity index (χ2v) is 4.92. The molecule has 20 heavy (non-hydrogen) atoms. The first-order chi connectivity index (χ1) is 9.75. The van der Waals surface area contributed by atoms with Gasteiger partial charge in [-0.25, -0.2) is 4.79 Å². The first-order valence-corrected chi connectivity index (χ1v) is 6.37. The van der Waals surface area contributed by atoms with Crippen molar-refractivity contribution in [2.24, 2.45) is 0 Å². The van der Waals surface area contributed by atoms with Gasteiger partial charge in [-0.2, -0.15) is 5.10 Å². The third-order valence-electron chi connectivity index (χ3n) is 3.75. The van der Waals surface area contributed by atoms with Crippen molar-refractivity contribution in [3.05, 3.63) is 52.6 Å². The molecule has 2 N–H and O–H groups in total. The lowest BCUT2D eigenvalue weighted by atomic mass is 9.83. The van der Waals surface area contributed by atoms with Crippen LogP contribution in [0.15, 0.2) is 35.8 Å². The van der Waals surface area contributed by atoms with Crippen molar-refractivity contribution in [3.8, 4) is 0 Å². The maximum atomic E-state index is 12.1. The zero-order valence-corrected chi connectivity index (χ0v) is 10.8. The van der Waals surface area contributed by atoms with Crippen molar-refractivity contribution >= 4 is 11.8 Å². The minimum Gasteiger partial charge on any atom is -0.456 e. The number of anilines is 1. The molecule has 0 saturated heterocycles. The molecule has 2 aliphatic heterocycles. The molecular formula is C14H12N4O2. The molecule has 4 rings (SSSR count). The first kappa shape index (κ1) is 11.2. The fourth-order valence-electron chi connectivity index (χ4n) is 2.87. The number of ether oxygens (including phenoxy) is 1. The Labute approximate surface area is 114 Å². The zero-order chi connectivity index (χ0) is 13.7. The summed E-state index contributed by atoms with van der Waals surface area (Å²) >= 11 is 0. The summed E-state index contributed by atoms with van der Waals surface area (Å²) in [6.45, 7) is 2.22. The molecule has 0 bridgehead atoms. The van der Waals surface area contributed by atoms with Crippen LogP contribution in [0.4, 0.5) is 5.82 Å². The van der Waals surface area contributed by atoms with Gasteiger partial charge in [0.15, 0.2) is 5.82 Å². The van der Waals surface area contributed by atoms with E-state index in [9.17, 15) is 4.79 Å². The van der Waals surface area contributed by atoms with Gasteiger partial charge in [-0.05, 0) is 18.6 Å². The number of carbonyl (C=O) groups excluding carboxylic acids is 1. The molecule has 6 heteroatoms. The Morgan fingerprint density at radius 2 is 2.35 bits per heavy atom. The van der Waals surface area contributed by atoms with Gasteiger partial charge in [0.25, 0.3) is 0 Å². The third kappa shape index (κ3) is 1.41. The predicted molar refractivity (Wildman–Crippen MR) is 71.0 cm³/mol. The van der Waals surface area contributed by atoms with Crippen molar-refractivity contribution in [3.63, 3.8) is 0 Å². The van der Waals surface area contributed by atoms with Crippen molar-refractivity contribution in [1.82, 2.24) is 15.2 Å². The number of nitrogens with one attached hydrogen (secondary N) is 2. The predicted octanol–water partition coefficient (Wildman–Crippen LogP) is 1.48. The highest BCUT2D eigenvalue weighted by Crippen LogP contribution is 2.44. The minimum absolute atomic E-state index is 0.177. The van der Waals surface area contributed by atoms with E-state index in [-0.39, 0.29) is 18.5 Å². The normalized spacial score (nSPS) is 20.2. The summed E-state index contributed by atoms with van der Waals surface area (Å²) < 4.78 is 5.16. The maximum Gasteiger partial charge on any atom is 0.337 e. The monoisotopic (exact) mass is 268 g/mol. The van der Waals surface area contributed by atoms with Gasteiger partial charge in [0.2, 0.25) is 0 Å². The van der Waals surface area contributed by atoms with Crippen molar-refractivity contribution in [2.75, 3.05) is 11.9 Å². The molecule has 0 spiro atoms. The Morgan fingerprint density at radius 1 is 1.45 bits per heavy atom. The van der Waals surface area contributed by atoms with E-state index in [1.54, 1.807) is 12.4 Å². The van der Waals surface area contributed by atoms with Crippen LogP contribution in [0.3, 0.4) is 0 Å². The number of esters is 1. The quantitative estimate of drug-likeness (QED) is 0.766. The first-order valence-electron chi connectivity index (χ1n) is 6.37. The molecular weight excluding hydrogens is 256 g/mol. The summed E-state index contributed by atoms with van der Waals surface area (Å²) in [5.41, 5.74) is 4.34. The molecule has 0 aromatic carbocycles. The Morgan fingerprint density at radius 3 is 3.15 bits per heavy atom. The van der Waals surface area contributed by atoms with E-state index in [0.717, 1.165) is 28.3 Å². The van der Waals surface area contributed by atoms with E-state index in [0.29, 0.717) is 5.57 Å².